The normalized spacial score (nSPS) is 40.2. The van der Waals surface area contributed by atoms with Crippen molar-refractivity contribution in [3.8, 4) is 0 Å². The van der Waals surface area contributed by atoms with Gasteiger partial charge in [0.05, 0.1) is 5.41 Å². The molecule has 2 atom stereocenters. The van der Waals surface area contributed by atoms with Crippen LogP contribution in [0, 0.1) is 11.3 Å². The van der Waals surface area contributed by atoms with Gasteiger partial charge in [-0.2, -0.15) is 0 Å². The van der Waals surface area contributed by atoms with Gasteiger partial charge in [0.15, 0.2) is 0 Å². The quantitative estimate of drug-likeness (QED) is 0.405. The zero-order chi connectivity index (χ0) is 7.78. The second kappa shape index (κ2) is 2.19. The minimum atomic E-state index is -0.653. The summed E-state index contributed by atoms with van der Waals surface area (Å²) in [6.45, 7) is 3.61. The van der Waals surface area contributed by atoms with Crippen LogP contribution in [0.2, 0.25) is 0 Å². The Morgan fingerprint density at radius 1 is 1.70 bits per heavy atom. The molecule has 0 aromatic carbocycles. The van der Waals surface area contributed by atoms with Gasteiger partial charge in [-0.3, -0.25) is 4.79 Å². The van der Waals surface area contributed by atoms with Gasteiger partial charge in [-0.1, -0.05) is 6.92 Å². The molecule has 0 amide bonds. The first-order chi connectivity index (χ1) is 4.60. The summed E-state index contributed by atoms with van der Waals surface area (Å²) in [4.78, 5) is 21.7. The molecule has 56 valence electrons. The number of hydrogen-bond acceptors (Lipinski definition) is 2. The number of carbonyl (C=O) groups is 2. The third-order valence-corrected chi connectivity index (χ3v) is 2.37. The Bertz CT molecular complexity index is 174. The van der Waals surface area contributed by atoms with Gasteiger partial charge in [-0.25, -0.2) is 0 Å². The van der Waals surface area contributed by atoms with Gasteiger partial charge in [0, 0.05) is 5.92 Å². The molecular formula is C8H12O2. The van der Waals surface area contributed by atoms with Crippen LogP contribution in [0.1, 0.15) is 26.7 Å². The predicted molar refractivity (Wildman–Crippen MR) is 37.6 cm³/mol. The summed E-state index contributed by atoms with van der Waals surface area (Å²) in [6.07, 6.45) is 2.39. The summed E-state index contributed by atoms with van der Waals surface area (Å²) in [7, 11) is 0. The zero-order valence-electron chi connectivity index (χ0n) is 6.39. The topological polar surface area (TPSA) is 34.1 Å². The minimum absolute atomic E-state index is 0.0928. The monoisotopic (exact) mass is 140 g/mol. The van der Waals surface area contributed by atoms with E-state index in [0.29, 0.717) is 0 Å². The van der Waals surface area contributed by atoms with Crippen LogP contribution in [0.3, 0.4) is 0 Å². The van der Waals surface area contributed by atoms with Crippen molar-refractivity contribution in [3.63, 3.8) is 0 Å². The third-order valence-electron chi connectivity index (χ3n) is 2.37. The molecule has 2 heteroatoms. The van der Waals surface area contributed by atoms with Crippen LogP contribution in [0.15, 0.2) is 0 Å². The van der Waals surface area contributed by atoms with Crippen LogP contribution >= 0.6 is 0 Å². The SMILES string of the molecule is C[C@H]1CC[C@](C)(C=O)C1=O. The molecule has 1 aliphatic carbocycles. The summed E-state index contributed by atoms with van der Waals surface area (Å²) >= 11 is 0. The van der Waals surface area contributed by atoms with Crippen LogP contribution in [-0.2, 0) is 9.59 Å². The van der Waals surface area contributed by atoms with E-state index in [1.165, 1.54) is 0 Å². The number of carbonyl (C=O) groups excluding carboxylic acids is 2. The zero-order valence-corrected chi connectivity index (χ0v) is 6.39. The maximum Gasteiger partial charge on any atom is 0.148 e. The average Bonchev–Trinajstić information content (AvgIpc) is 2.19. The van der Waals surface area contributed by atoms with Crippen LogP contribution in [0.5, 0.6) is 0 Å². The Morgan fingerprint density at radius 2 is 2.30 bits per heavy atom. The maximum atomic E-state index is 11.2. The fourth-order valence-electron chi connectivity index (χ4n) is 1.45. The van der Waals surface area contributed by atoms with Crippen molar-refractivity contribution < 1.29 is 9.59 Å². The number of rotatable bonds is 1. The second-order valence-corrected chi connectivity index (χ2v) is 3.34. The van der Waals surface area contributed by atoms with Gasteiger partial charge in [-0.05, 0) is 19.8 Å². The summed E-state index contributed by atoms with van der Waals surface area (Å²) < 4.78 is 0. The molecule has 0 N–H and O–H groups in total. The Kier molecular flexibility index (Phi) is 1.63. The van der Waals surface area contributed by atoms with E-state index in [-0.39, 0.29) is 11.7 Å². The van der Waals surface area contributed by atoms with Crippen molar-refractivity contribution in [3.05, 3.63) is 0 Å². The van der Waals surface area contributed by atoms with E-state index < -0.39 is 5.41 Å². The lowest BCUT2D eigenvalue weighted by Gasteiger charge is -2.11. The molecule has 0 spiro atoms. The van der Waals surface area contributed by atoms with Gasteiger partial charge >= 0.3 is 0 Å². The Morgan fingerprint density at radius 3 is 2.50 bits per heavy atom. The largest absolute Gasteiger partial charge is 0.302 e. The van der Waals surface area contributed by atoms with E-state index in [1.807, 2.05) is 6.92 Å². The average molecular weight is 140 g/mol. The number of ketones is 1. The highest BCUT2D eigenvalue weighted by molar-refractivity contribution is 6.00. The van der Waals surface area contributed by atoms with E-state index in [9.17, 15) is 9.59 Å². The Balaban J connectivity index is 2.83. The predicted octanol–water partition coefficient (Wildman–Crippen LogP) is 1.19. The van der Waals surface area contributed by atoms with Crippen LogP contribution in [0.4, 0.5) is 0 Å². The molecule has 1 rings (SSSR count). The molecule has 0 saturated heterocycles. The molecule has 0 aromatic rings. The molecule has 0 unspecified atom stereocenters. The number of Topliss-reactive ketones (excluding diaryl/α,β-unsaturated/α-hetero) is 1. The van der Waals surface area contributed by atoms with Gasteiger partial charge in [0.25, 0.3) is 0 Å². The van der Waals surface area contributed by atoms with E-state index in [0.717, 1.165) is 19.1 Å². The highest BCUT2D eigenvalue weighted by Gasteiger charge is 2.41. The smallest absolute Gasteiger partial charge is 0.148 e. The van der Waals surface area contributed by atoms with E-state index >= 15 is 0 Å². The first-order valence-corrected chi connectivity index (χ1v) is 3.61. The summed E-state index contributed by atoms with van der Waals surface area (Å²) in [6, 6.07) is 0. The Hall–Kier alpha value is -0.660. The molecule has 1 saturated carbocycles. The van der Waals surface area contributed by atoms with Crippen LogP contribution in [-0.4, -0.2) is 12.1 Å². The van der Waals surface area contributed by atoms with Crippen LogP contribution in [0.25, 0.3) is 0 Å². The highest BCUT2D eigenvalue weighted by atomic mass is 16.1. The van der Waals surface area contributed by atoms with Gasteiger partial charge in [-0.15, -0.1) is 0 Å². The molecule has 1 fully saturated rings. The van der Waals surface area contributed by atoms with E-state index in [1.54, 1.807) is 6.92 Å². The summed E-state index contributed by atoms with van der Waals surface area (Å²) in [5, 5.41) is 0. The lowest BCUT2D eigenvalue weighted by molar-refractivity contribution is -0.132. The lowest BCUT2D eigenvalue weighted by Crippen LogP contribution is -2.25. The molecule has 0 aliphatic heterocycles. The standard InChI is InChI=1S/C8H12O2/c1-6-3-4-8(2,5-9)7(6)10/h5-6H,3-4H2,1-2H3/t6-,8+/m0/s1. The highest BCUT2D eigenvalue weighted by Crippen LogP contribution is 2.35. The molecule has 0 heterocycles. The van der Waals surface area contributed by atoms with Gasteiger partial charge in [0.1, 0.15) is 12.1 Å². The van der Waals surface area contributed by atoms with Crippen molar-refractivity contribution in [2.75, 3.05) is 0 Å². The number of hydrogen-bond donors (Lipinski definition) is 0. The van der Waals surface area contributed by atoms with Crippen molar-refractivity contribution >= 4 is 12.1 Å². The van der Waals surface area contributed by atoms with Crippen molar-refractivity contribution in [2.24, 2.45) is 11.3 Å². The molecular weight excluding hydrogens is 128 g/mol. The first-order valence-electron chi connectivity index (χ1n) is 3.61. The third kappa shape index (κ3) is 0.877. The molecule has 0 radical (unpaired) electrons. The lowest BCUT2D eigenvalue weighted by atomic mass is 9.89. The number of aldehydes is 1. The molecule has 0 bridgehead atoms. The van der Waals surface area contributed by atoms with Gasteiger partial charge in [0.2, 0.25) is 0 Å². The minimum Gasteiger partial charge on any atom is -0.302 e. The molecule has 0 aromatic heterocycles. The van der Waals surface area contributed by atoms with Gasteiger partial charge < -0.3 is 4.79 Å². The first kappa shape index (κ1) is 7.45. The van der Waals surface area contributed by atoms with Crippen molar-refractivity contribution in [1.29, 1.82) is 0 Å². The second-order valence-electron chi connectivity index (χ2n) is 3.34. The summed E-state index contributed by atoms with van der Waals surface area (Å²) in [5.41, 5.74) is -0.653. The molecule has 1 aliphatic rings. The van der Waals surface area contributed by atoms with Crippen molar-refractivity contribution in [2.45, 2.75) is 26.7 Å². The van der Waals surface area contributed by atoms with Crippen molar-refractivity contribution in [1.82, 2.24) is 0 Å². The van der Waals surface area contributed by atoms with E-state index in [2.05, 4.69) is 0 Å². The van der Waals surface area contributed by atoms with E-state index in [4.69, 9.17) is 0 Å². The Labute approximate surface area is 60.6 Å². The molecule has 2 nitrogen and oxygen atoms in total. The molecule has 10 heavy (non-hydrogen) atoms. The summed E-state index contributed by atoms with van der Waals surface area (Å²) in [5.74, 6) is 0.206. The fraction of sp³-hybridized carbons (Fsp3) is 0.750. The fourth-order valence-corrected chi connectivity index (χ4v) is 1.45. The maximum absolute atomic E-state index is 11.2. The van der Waals surface area contributed by atoms with Crippen LogP contribution < -0.4 is 0 Å².